The molecule has 0 spiro atoms. The maximum Gasteiger partial charge on any atom is 0.311 e. The summed E-state index contributed by atoms with van der Waals surface area (Å²) in [6.07, 6.45) is 0. The lowest BCUT2D eigenvalue weighted by atomic mass is 10.2. The topological polar surface area (TPSA) is 98.1 Å². The van der Waals surface area contributed by atoms with Gasteiger partial charge in [0.1, 0.15) is 5.52 Å². The summed E-state index contributed by atoms with van der Waals surface area (Å²) in [5.41, 5.74) is -0.377. The van der Waals surface area contributed by atoms with Crippen LogP contribution >= 0.6 is 0 Å². The van der Waals surface area contributed by atoms with Crippen molar-refractivity contribution < 1.29 is 9.66 Å². The Morgan fingerprint density at radius 1 is 1.50 bits per heavy atom. The number of aromatic nitrogens is 2. The second-order valence-electron chi connectivity index (χ2n) is 3.00. The van der Waals surface area contributed by atoms with Gasteiger partial charge >= 0.3 is 5.56 Å². The number of hydrogen-bond acceptors (Lipinski definition) is 5. The molecule has 0 saturated carbocycles. The van der Waals surface area contributed by atoms with Gasteiger partial charge in [-0.25, -0.2) is 4.98 Å². The van der Waals surface area contributed by atoms with Gasteiger partial charge in [-0.3, -0.25) is 14.9 Å². The number of nitro benzene ring substituents is 1. The molecule has 1 aromatic heterocycles. The van der Waals surface area contributed by atoms with Crippen molar-refractivity contribution in [1.82, 2.24) is 9.97 Å². The van der Waals surface area contributed by atoms with Crippen molar-refractivity contribution in [3.8, 4) is 5.88 Å². The van der Waals surface area contributed by atoms with Crippen LogP contribution in [0.15, 0.2) is 23.0 Å². The maximum atomic E-state index is 11.4. The van der Waals surface area contributed by atoms with Crippen molar-refractivity contribution in [3.05, 3.63) is 38.7 Å². The number of hydrogen-bond donors (Lipinski definition) is 1. The molecule has 0 bridgehead atoms. The minimum Gasteiger partial charge on any atom is -0.477 e. The number of aromatic amines is 1. The van der Waals surface area contributed by atoms with E-state index in [-0.39, 0.29) is 17.1 Å². The lowest BCUT2D eigenvalue weighted by Gasteiger charge is -2.01. The fourth-order valence-corrected chi connectivity index (χ4v) is 1.37. The summed E-state index contributed by atoms with van der Waals surface area (Å²) in [6, 6.07) is 4.35. The van der Waals surface area contributed by atoms with Crippen LogP contribution < -0.4 is 10.3 Å². The Labute approximate surface area is 88.8 Å². The number of ether oxygens (including phenoxy) is 1. The van der Waals surface area contributed by atoms with Crippen LogP contribution in [0.4, 0.5) is 5.69 Å². The van der Waals surface area contributed by atoms with Crippen molar-refractivity contribution in [1.29, 1.82) is 0 Å². The SMILES string of the molecule is COc1nc2cccc([N+](=O)[O-])c2[nH]c1=O. The van der Waals surface area contributed by atoms with Crippen molar-refractivity contribution in [2.75, 3.05) is 7.11 Å². The molecule has 0 unspecified atom stereocenters. The molecule has 16 heavy (non-hydrogen) atoms. The first kappa shape index (κ1) is 10.1. The highest BCUT2D eigenvalue weighted by Crippen LogP contribution is 2.21. The Morgan fingerprint density at radius 2 is 2.25 bits per heavy atom. The van der Waals surface area contributed by atoms with Gasteiger partial charge in [-0.15, -0.1) is 0 Å². The lowest BCUT2D eigenvalue weighted by molar-refractivity contribution is -0.383. The van der Waals surface area contributed by atoms with E-state index in [2.05, 4.69) is 9.97 Å². The summed E-state index contributed by atoms with van der Waals surface area (Å²) in [7, 11) is 1.31. The van der Waals surface area contributed by atoms with Gasteiger partial charge in [-0.05, 0) is 6.07 Å². The largest absolute Gasteiger partial charge is 0.477 e. The number of fused-ring (bicyclic) bond motifs is 1. The third kappa shape index (κ3) is 1.48. The quantitative estimate of drug-likeness (QED) is 0.598. The molecule has 0 aliphatic carbocycles. The number of H-pyrrole nitrogens is 1. The van der Waals surface area contributed by atoms with Crippen LogP contribution in [0, 0.1) is 10.1 Å². The zero-order valence-electron chi connectivity index (χ0n) is 8.26. The number of methoxy groups -OCH3 is 1. The van der Waals surface area contributed by atoms with E-state index in [1.807, 2.05) is 0 Å². The Balaban J connectivity index is 2.85. The van der Waals surface area contributed by atoms with Gasteiger partial charge in [0.25, 0.3) is 11.6 Å². The van der Waals surface area contributed by atoms with Crippen LogP contribution in [0.3, 0.4) is 0 Å². The third-order valence-corrected chi connectivity index (χ3v) is 2.07. The van der Waals surface area contributed by atoms with Crippen molar-refractivity contribution in [3.63, 3.8) is 0 Å². The van der Waals surface area contributed by atoms with Crippen LogP contribution in [0.25, 0.3) is 11.0 Å². The van der Waals surface area contributed by atoms with Crippen LogP contribution in [0.2, 0.25) is 0 Å². The zero-order chi connectivity index (χ0) is 11.7. The second-order valence-corrected chi connectivity index (χ2v) is 3.00. The number of nitrogens with zero attached hydrogens (tertiary/aromatic N) is 2. The number of para-hydroxylation sites is 1. The minimum atomic E-state index is -0.593. The predicted molar refractivity (Wildman–Crippen MR) is 55.6 cm³/mol. The molecule has 7 heteroatoms. The fourth-order valence-electron chi connectivity index (χ4n) is 1.37. The summed E-state index contributed by atoms with van der Waals surface area (Å²) in [5.74, 6) is -0.118. The smallest absolute Gasteiger partial charge is 0.311 e. The van der Waals surface area contributed by atoms with E-state index in [0.717, 1.165) is 0 Å². The molecule has 0 atom stereocenters. The molecule has 0 aliphatic rings. The first-order valence-corrected chi connectivity index (χ1v) is 4.35. The van der Waals surface area contributed by atoms with E-state index in [4.69, 9.17) is 4.74 Å². The average molecular weight is 221 g/mol. The molecule has 2 rings (SSSR count). The molecular weight excluding hydrogens is 214 g/mol. The Hall–Kier alpha value is -2.44. The lowest BCUT2D eigenvalue weighted by Crippen LogP contribution is -2.12. The molecule has 0 saturated heterocycles. The van der Waals surface area contributed by atoms with Crippen LogP contribution in [-0.4, -0.2) is 22.0 Å². The molecule has 1 N–H and O–H groups in total. The zero-order valence-corrected chi connectivity index (χ0v) is 8.26. The second kappa shape index (κ2) is 3.61. The number of rotatable bonds is 2. The van der Waals surface area contributed by atoms with E-state index in [0.29, 0.717) is 5.52 Å². The molecule has 7 nitrogen and oxygen atoms in total. The molecule has 1 aromatic carbocycles. The summed E-state index contributed by atoms with van der Waals surface area (Å²) in [5, 5.41) is 10.7. The van der Waals surface area contributed by atoms with Crippen molar-refractivity contribution >= 4 is 16.7 Å². The first-order chi connectivity index (χ1) is 7.63. The molecular formula is C9H7N3O4. The van der Waals surface area contributed by atoms with Crippen LogP contribution in [0.1, 0.15) is 0 Å². The highest BCUT2D eigenvalue weighted by molar-refractivity contribution is 5.83. The highest BCUT2D eigenvalue weighted by Gasteiger charge is 2.14. The van der Waals surface area contributed by atoms with Gasteiger partial charge in [0.15, 0.2) is 0 Å². The number of nitro groups is 1. The van der Waals surface area contributed by atoms with Crippen molar-refractivity contribution in [2.45, 2.75) is 0 Å². The number of non-ortho nitro benzene ring substituents is 1. The summed E-state index contributed by atoms with van der Waals surface area (Å²) in [4.78, 5) is 27.7. The van der Waals surface area contributed by atoms with Gasteiger partial charge in [-0.2, -0.15) is 0 Å². The van der Waals surface area contributed by atoms with Crippen LogP contribution in [0.5, 0.6) is 5.88 Å². The monoisotopic (exact) mass is 221 g/mol. The molecule has 1 heterocycles. The summed E-state index contributed by atoms with van der Waals surface area (Å²) < 4.78 is 4.73. The number of nitrogens with one attached hydrogen (secondary N) is 1. The van der Waals surface area contributed by atoms with E-state index in [9.17, 15) is 14.9 Å². The molecule has 0 aliphatic heterocycles. The minimum absolute atomic E-state index is 0.0956. The van der Waals surface area contributed by atoms with E-state index in [1.165, 1.54) is 19.2 Å². The van der Waals surface area contributed by atoms with Gasteiger partial charge in [-0.1, -0.05) is 6.07 Å². The van der Waals surface area contributed by atoms with Crippen molar-refractivity contribution in [2.24, 2.45) is 0 Å². The Kier molecular flexibility index (Phi) is 2.28. The summed E-state index contributed by atoms with van der Waals surface area (Å²) in [6.45, 7) is 0. The number of benzene rings is 1. The molecule has 2 aromatic rings. The normalized spacial score (nSPS) is 10.3. The Bertz CT molecular complexity index is 620. The van der Waals surface area contributed by atoms with Gasteiger partial charge in [0.05, 0.1) is 17.5 Å². The summed E-state index contributed by atoms with van der Waals surface area (Å²) >= 11 is 0. The van der Waals surface area contributed by atoms with E-state index in [1.54, 1.807) is 6.07 Å². The van der Waals surface area contributed by atoms with E-state index < -0.39 is 10.5 Å². The van der Waals surface area contributed by atoms with Gasteiger partial charge < -0.3 is 9.72 Å². The van der Waals surface area contributed by atoms with Gasteiger partial charge in [0.2, 0.25) is 0 Å². The maximum absolute atomic E-state index is 11.4. The molecule has 0 amide bonds. The predicted octanol–water partition coefficient (Wildman–Crippen LogP) is 0.840. The highest BCUT2D eigenvalue weighted by atomic mass is 16.6. The first-order valence-electron chi connectivity index (χ1n) is 4.35. The van der Waals surface area contributed by atoms with Crippen LogP contribution in [-0.2, 0) is 0 Å². The average Bonchev–Trinajstić information content (AvgIpc) is 2.27. The Morgan fingerprint density at radius 3 is 2.88 bits per heavy atom. The third-order valence-electron chi connectivity index (χ3n) is 2.07. The molecule has 0 radical (unpaired) electrons. The molecule has 0 fully saturated rings. The standard InChI is InChI=1S/C9H7N3O4/c1-16-9-8(13)11-7-5(10-9)3-2-4-6(7)12(14)15/h2-4H,1H3,(H,11,13). The molecule has 82 valence electrons. The van der Waals surface area contributed by atoms with Gasteiger partial charge in [0, 0.05) is 6.07 Å². The van der Waals surface area contributed by atoms with E-state index >= 15 is 0 Å². The fraction of sp³-hybridized carbons (Fsp3) is 0.111.